The zero-order valence-corrected chi connectivity index (χ0v) is 16.6. The Labute approximate surface area is 152 Å². The first kappa shape index (κ1) is 18.8. The molecule has 1 aromatic carbocycles. The summed E-state index contributed by atoms with van der Waals surface area (Å²) in [5.74, 6) is 0. The first-order chi connectivity index (χ1) is 11.8. The van der Waals surface area contributed by atoms with Crippen molar-refractivity contribution in [1.82, 2.24) is 4.98 Å². The van der Waals surface area contributed by atoms with Crippen LogP contribution in [0.5, 0.6) is 0 Å². The summed E-state index contributed by atoms with van der Waals surface area (Å²) in [6.07, 6.45) is 6.18. The van der Waals surface area contributed by atoms with Crippen LogP contribution < -0.4 is 4.31 Å². The van der Waals surface area contributed by atoms with E-state index < -0.39 is 29.7 Å². The van der Waals surface area contributed by atoms with Gasteiger partial charge >= 0.3 is 0 Å². The van der Waals surface area contributed by atoms with Crippen LogP contribution in [0.15, 0.2) is 34.2 Å². The normalized spacial score (nSPS) is 15.3. The summed E-state index contributed by atoms with van der Waals surface area (Å²) >= 11 is 0. The predicted octanol–water partition coefficient (Wildman–Crippen LogP) is 0.835. The van der Waals surface area contributed by atoms with Crippen molar-refractivity contribution < 1.29 is 25.3 Å². The molecule has 0 saturated carbocycles. The van der Waals surface area contributed by atoms with Gasteiger partial charge in [0.1, 0.15) is 0 Å². The lowest BCUT2D eigenvalue weighted by molar-refractivity contribution is 0.595. The van der Waals surface area contributed by atoms with Gasteiger partial charge in [-0.3, -0.25) is 4.31 Å². The highest BCUT2D eigenvalue weighted by Gasteiger charge is 2.26. The smallest absolute Gasteiger partial charge is 0.232 e. The first-order valence-corrected chi connectivity index (χ1v) is 13.0. The van der Waals surface area contributed by atoms with Crippen molar-refractivity contribution in [3.05, 3.63) is 29.8 Å². The van der Waals surface area contributed by atoms with E-state index in [1.807, 2.05) is 0 Å². The van der Waals surface area contributed by atoms with Crippen LogP contribution in [0.3, 0.4) is 0 Å². The van der Waals surface area contributed by atoms with Crippen molar-refractivity contribution in [1.29, 1.82) is 0 Å². The molecule has 0 radical (unpaired) electrons. The van der Waals surface area contributed by atoms with Crippen molar-refractivity contribution in [2.45, 2.75) is 9.92 Å². The maximum Gasteiger partial charge on any atom is 0.232 e. The Morgan fingerprint density at radius 1 is 0.962 bits per heavy atom. The van der Waals surface area contributed by atoms with Crippen LogP contribution in [-0.4, -0.2) is 55.5 Å². The van der Waals surface area contributed by atoms with Crippen LogP contribution in [-0.2, 0) is 29.7 Å². The number of nitrogens with zero attached hydrogens (tertiary/aromatic N) is 2. The molecule has 1 aromatic heterocycles. The maximum absolute atomic E-state index is 12.2. The quantitative estimate of drug-likeness (QED) is 0.727. The van der Waals surface area contributed by atoms with E-state index in [0.29, 0.717) is 11.3 Å². The molecular weight excluding hydrogens is 400 g/mol. The van der Waals surface area contributed by atoms with Crippen LogP contribution >= 0.6 is 0 Å². The molecule has 3 rings (SSSR count). The fourth-order valence-corrected chi connectivity index (χ4v) is 5.23. The summed E-state index contributed by atoms with van der Waals surface area (Å²) in [6.45, 7) is 0.127. The summed E-state index contributed by atoms with van der Waals surface area (Å²) in [7, 11) is -11.1. The van der Waals surface area contributed by atoms with Crippen LogP contribution in [0.25, 0.3) is 17.0 Å². The van der Waals surface area contributed by atoms with Crippen LogP contribution in [0.1, 0.15) is 5.56 Å². The van der Waals surface area contributed by atoms with Gasteiger partial charge in [-0.15, -0.1) is 0 Å². The zero-order valence-electron chi connectivity index (χ0n) is 14.2. The summed E-state index contributed by atoms with van der Waals surface area (Å²) in [5.41, 5.74) is 0.796. The van der Waals surface area contributed by atoms with E-state index in [1.54, 1.807) is 12.2 Å². The third-order valence-corrected chi connectivity index (χ3v) is 7.19. The van der Waals surface area contributed by atoms with Crippen molar-refractivity contribution in [3.63, 3.8) is 0 Å². The highest BCUT2D eigenvalue weighted by Crippen LogP contribution is 2.36. The molecule has 0 N–H and O–H groups in total. The SMILES string of the molecule is CS(=O)(=O)c1cc(S(C)(=O)=O)c2ccc3c(c2n1)C=CCN3S(C)(=O)=O. The van der Waals surface area contributed by atoms with Gasteiger partial charge in [-0.25, -0.2) is 30.2 Å². The Balaban J connectivity index is 2.51. The molecule has 8 nitrogen and oxygen atoms in total. The Hall–Kier alpha value is -1.98. The van der Waals surface area contributed by atoms with Gasteiger partial charge < -0.3 is 0 Å². The van der Waals surface area contributed by atoms with E-state index in [0.717, 1.165) is 29.1 Å². The first-order valence-electron chi connectivity index (χ1n) is 7.32. The van der Waals surface area contributed by atoms with E-state index in [1.165, 1.54) is 12.1 Å². The highest BCUT2D eigenvalue weighted by molar-refractivity contribution is 7.92. The van der Waals surface area contributed by atoms with Gasteiger partial charge in [-0.1, -0.05) is 12.2 Å². The number of aromatic nitrogens is 1. The molecule has 0 aliphatic carbocycles. The lowest BCUT2D eigenvalue weighted by Crippen LogP contribution is -2.32. The van der Waals surface area contributed by atoms with Crippen LogP contribution in [0, 0.1) is 0 Å². The Morgan fingerprint density at radius 2 is 1.62 bits per heavy atom. The molecule has 2 aromatic rings. The molecule has 26 heavy (non-hydrogen) atoms. The lowest BCUT2D eigenvalue weighted by Gasteiger charge is -2.26. The molecule has 0 spiro atoms. The van der Waals surface area contributed by atoms with Crippen molar-refractivity contribution in [2.75, 3.05) is 29.6 Å². The molecule has 0 bridgehead atoms. The number of sulfone groups is 2. The molecule has 0 unspecified atom stereocenters. The van der Waals surface area contributed by atoms with Crippen molar-refractivity contribution in [2.24, 2.45) is 0 Å². The second-order valence-corrected chi connectivity index (χ2v) is 11.9. The molecular formula is C15H16N2O6S3. The minimum atomic E-state index is -3.78. The van der Waals surface area contributed by atoms with Gasteiger partial charge in [-0.2, -0.15) is 0 Å². The summed E-state index contributed by atoms with van der Waals surface area (Å²) in [6, 6.07) is 3.97. The Morgan fingerprint density at radius 3 is 2.15 bits per heavy atom. The van der Waals surface area contributed by atoms with Crippen LogP contribution in [0.2, 0.25) is 0 Å². The standard InChI is InChI=1S/C15H16N2O6S3/c1-24(18,19)13-9-14(25(2,20)21)16-15-10-5-4-8-17(26(3,22)23)12(10)7-6-11(13)15/h4-7,9H,8H2,1-3H3. The molecule has 1 aliphatic heterocycles. The van der Waals surface area contributed by atoms with Gasteiger partial charge in [0, 0.05) is 23.5 Å². The number of fused-ring (bicyclic) bond motifs is 3. The fourth-order valence-electron chi connectivity index (χ4n) is 2.81. The molecule has 0 saturated heterocycles. The number of pyridine rings is 1. The molecule has 140 valence electrons. The largest absolute Gasteiger partial charge is 0.266 e. The Kier molecular flexibility index (Phi) is 4.17. The van der Waals surface area contributed by atoms with Gasteiger partial charge in [0.2, 0.25) is 10.0 Å². The predicted molar refractivity (Wildman–Crippen MR) is 99.2 cm³/mol. The minimum absolute atomic E-state index is 0.121. The second kappa shape index (κ2) is 5.76. The summed E-state index contributed by atoms with van der Waals surface area (Å²) in [4.78, 5) is 3.95. The number of hydrogen-bond donors (Lipinski definition) is 0. The van der Waals surface area contributed by atoms with E-state index in [9.17, 15) is 25.3 Å². The monoisotopic (exact) mass is 416 g/mol. The van der Waals surface area contributed by atoms with E-state index in [-0.39, 0.29) is 27.4 Å². The minimum Gasteiger partial charge on any atom is -0.266 e. The van der Waals surface area contributed by atoms with E-state index >= 15 is 0 Å². The highest BCUT2D eigenvalue weighted by atomic mass is 32.2. The number of rotatable bonds is 3. The van der Waals surface area contributed by atoms with Crippen molar-refractivity contribution >= 4 is 52.4 Å². The van der Waals surface area contributed by atoms with Gasteiger partial charge in [0.15, 0.2) is 24.7 Å². The number of anilines is 1. The Bertz CT molecular complexity index is 1280. The fraction of sp³-hybridized carbons (Fsp3) is 0.267. The second-order valence-electron chi connectivity index (χ2n) is 6.09. The average Bonchev–Trinajstić information content (AvgIpc) is 2.50. The molecule has 0 amide bonds. The average molecular weight is 417 g/mol. The van der Waals surface area contributed by atoms with E-state index in [4.69, 9.17) is 0 Å². The number of hydrogen-bond acceptors (Lipinski definition) is 7. The van der Waals surface area contributed by atoms with Crippen LogP contribution in [0.4, 0.5) is 5.69 Å². The summed E-state index contributed by atoms with van der Waals surface area (Å²) < 4.78 is 73.5. The topological polar surface area (TPSA) is 119 Å². The molecule has 0 atom stereocenters. The van der Waals surface area contributed by atoms with Gasteiger partial charge in [0.05, 0.1) is 28.9 Å². The van der Waals surface area contributed by atoms with Crippen molar-refractivity contribution in [3.8, 4) is 0 Å². The number of benzene rings is 1. The zero-order chi connectivity index (χ0) is 19.5. The van der Waals surface area contributed by atoms with Gasteiger partial charge in [-0.05, 0) is 18.2 Å². The molecule has 2 heterocycles. The maximum atomic E-state index is 12.2. The molecule has 11 heteroatoms. The molecule has 1 aliphatic rings. The lowest BCUT2D eigenvalue weighted by atomic mass is 10.0. The summed E-state index contributed by atoms with van der Waals surface area (Å²) in [5, 5.41) is -0.151. The third-order valence-electron chi connectivity index (χ3n) is 3.94. The third kappa shape index (κ3) is 3.21. The molecule has 0 fully saturated rings. The van der Waals surface area contributed by atoms with E-state index in [2.05, 4.69) is 4.98 Å². The number of sulfonamides is 1. The van der Waals surface area contributed by atoms with Gasteiger partial charge in [0.25, 0.3) is 0 Å².